The normalized spacial score (nSPS) is 16.4. The van der Waals surface area contributed by atoms with E-state index in [1.54, 1.807) is 6.20 Å². The van der Waals surface area contributed by atoms with Gasteiger partial charge in [-0.15, -0.1) is 0 Å². The number of pyridine rings is 1. The van der Waals surface area contributed by atoms with Crippen molar-refractivity contribution in [2.75, 3.05) is 0 Å². The van der Waals surface area contributed by atoms with Crippen molar-refractivity contribution in [3.63, 3.8) is 0 Å². The van der Waals surface area contributed by atoms with Gasteiger partial charge in [0.05, 0.1) is 18.3 Å². The van der Waals surface area contributed by atoms with Gasteiger partial charge in [0.25, 0.3) is 0 Å². The number of rotatable bonds is 6. The standard InChI is InChI=1S/C15H23N3O/c1-11(2)9-14(16)15(19)18(13-6-7-13)10-12-5-3-4-8-17-12/h3-5,8,11,13-14H,6-7,9-10,16H2,1-2H3/t14-/m0/s1. The van der Waals surface area contributed by atoms with E-state index in [0.717, 1.165) is 25.0 Å². The monoisotopic (exact) mass is 261 g/mol. The molecule has 1 amide bonds. The van der Waals surface area contributed by atoms with E-state index in [9.17, 15) is 4.79 Å². The molecule has 1 fully saturated rings. The Morgan fingerprint density at radius 3 is 2.74 bits per heavy atom. The van der Waals surface area contributed by atoms with Crippen LogP contribution in [0.5, 0.6) is 0 Å². The maximum absolute atomic E-state index is 12.4. The number of nitrogens with two attached hydrogens (primary N) is 1. The average Bonchev–Trinajstić information content (AvgIpc) is 3.20. The molecule has 1 atom stereocenters. The minimum Gasteiger partial charge on any atom is -0.332 e. The van der Waals surface area contributed by atoms with Crippen LogP contribution in [0.15, 0.2) is 24.4 Å². The van der Waals surface area contributed by atoms with Crippen molar-refractivity contribution >= 4 is 5.91 Å². The number of amides is 1. The Labute approximate surface area is 115 Å². The lowest BCUT2D eigenvalue weighted by Crippen LogP contribution is -2.45. The predicted molar refractivity (Wildman–Crippen MR) is 75.2 cm³/mol. The molecule has 1 aliphatic carbocycles. The van der Waals surface area contributed by atoms with Gasteiger partial charge in [-0.05, 0) is 37.3 Å². The summed E-state index contributed by atoms with van der Waals surface area (Å²) >= 11 is 0. The Bertz CT molecular complexity index is 415. The summed E-state index contributed by atoms with van der Waals surface area (Å²) in [6.45, 7) is 4.76. The van der Waals surface area contributed by atoms with Crippen molar-refractivity contribution in [1.82, 2.24) is 9.88 Å². The number of carbonyl (C=O) groups excluding carboxylic acids is 1. The molecule has 1 aromatic rings. The van der Waals surface area contributed by atoms with Crippen LogP contribution in [0.4, 0.5) is 0 Å². The third-order valence-electron chi connectivity index (χ3n) is 3.37. The molecule has 0 aliphatic heterocycles. The SMILES string of the molecule is CC(C)C[C@H](N)C(=O)N(Cc1ccccn1)C1CC1. The maximum Gasteiger partial charge on any atom is 0.240 e. The number of carbonyl (C=O) groups is 1. The summed E-state index contributed by atoms with van der Waals surface area (Å²) in [4.78, 5) is 18.6. The second kappa shape index (κ2) is 6.15. The second-order valence-corrected chi connectivity index (χ2v) is 5.75. The minimum atomic E-state index is -0.385. The van der Waals surface area contributed by atoms with Crippen LogP contribution in [0.2, 0.25) is 0 Å². The molecule has 0 bridgehead atoms. The zero-order valence-electron chi connectivity index (χ0n) is 11.7. The molecule has 1 aliphatic rings. The molecule has 0 aromatic carbocycles. The quantitative estimate of drug-likeness (QED) is 0.851. The maximum atomic E-state index is 12.4. The average molecular weight is 261 g/mol. The first-order chi connectivity index (χ1) is 9.08. The van der Waals surface area contributed by atoms with Crippen molar-refractivity contribution < 1.29 is 4.79 Å². The highest BCUT2D eigenvalue weighted by atomic mass is 16.2. The van der Waals surface area contributed by atoms with Crippen LogP contribution >= 0.6 is 0 Å². The summed E-state index contributed by atoms with van der Waals surface area (Å²) in [5.41, 5.74) is 6.96. The molecule has 1 aromatic heterocycles. The Morgan fingerprint density at radius 2 is 2.21 bits per heavy atom. The van der Waals surface area contributed by atoms with E-state index in [1.165, 1.54) is 0 Å². The molecular weight excluding hydrogens is 238 g/mol. The first-order valence-corrected chi connectivity index (χ1v) is 7.04. The van der Waals surface area contributed by atoms with E-state index in [4.69, 9.17) is 5.73 Å². The Kier molecular flexibility index (Phi) is 4.53. The van der Waals surface area contributed by atoms with Crippen molar-refractivity contribution in [2.24, 2.45) is 11.7 Å². The Balaban J connectivity index is 2.01. The molecule has 0 unspecified atom stereocenters. The van der Waals surface area contributed by atoms with Gasteiger partial charge in [0.1, 0.15) is 0 Å². The van der Waals surface area contributed by atoms with E-state index in [0.29, 0.717) is 18.5 Å². The number of aromatic nitrogens is 1. The lowest BCUT2D eigenvalue weighted by atomic mass is 10.0. The summed E-state index contributed by atoms with van der Waals surface area (Å²) in [7, 11) is 0. The van der Waals surface area contributed by atoms with Gasteiger partial charge in [-0.1, -0.05) is 19.9 Å². The highest BCUT2D eigenvalue weighted by molar-refractivity contribution is 5.82. The fraction of sp³-hybridized carbons (Fsp3) is 0.600. The number of hydrogen-bond donors (Lipinski definition) is 1. The van der Waals surface area contributed by atoms with Gasteiger partial charge in [0.15, 0.2) is 0 Å². The largest absolute Gasteiger partial charge is 0.332 e. The fourth-order valence-electron chi connectivity index (χ4n) is 2.26. The van der Waals surface area contributed by atoms with E-state index < -0.39 is 0 Å². The molecule has 104 valence electrons. The number of hydrogen-bond acceptors (Lipinski definition) is 3. The highest BCUT2D eigenvalue weighted by Gasteiger charge is 2.35. The summed E-state index contributed by atoms with van der Waals surface area (Å²) in [5, 5.41) is 0. The first kappa shape index (κ1) is 14.0. The Hall–Kier alpha value is -1.42. The zero-order valence-corrected chi connectivity index (χ0v) is 11.7. The summed E-state index contributed by atoms with van der Waals surface area (Å²) < 4.78 is 0. The van der Waals surface area contributed by atoms with Crippen LogP contribution in [-0.4, -0.2) is 27.9 Å². The third kappa shape index (κ3) is 4.03. The van der Waals surface area contributed by atoms with Crippen LogP contribution in [0, 0.1) is 5.92 Å². The smallest absolute Gasteiger partial charge is 0.240 e. The van der Waals surface area contributed by atoms with Gasteiger partial charge in [-0.3, -0.25) is 9.78 Å². The van der Waals surface area contributed by atoms with Gasteiger partial charge in [0.2, 0.25) is 5.91 Å². The summed E-state index contributed by atoms with van der Waals surface area (Å²) in [6, 6.07) is 5.77. The molecule has 0 spiro atoms. The summed E-state index contributed by atoms with van der Waals surface area (Å²) in [5.74, 6) is 0.511. The molecule has 4 heteroatoms. The van der Waals surface area contributed by atoms with Crippen molar-refractivity contribution in [1.29, 1.82) is 0 Å². The van der Waals surface area contributed by atoms with Crippen molar-refractivity contribution in [3.05, 3.63) is 30.1 Å². The Morgan fingerprint density at radius 1 is 1.47 bits per heavy atom. The molecule has 0 saturated heterocycles. The molecule has 1 saturated carbocycles. The third-order valence-corrected chi connectivity index (χ3v) is 3.37. The molecular formula is C15H23N3O. The fourth-order valence-corrected chi connectivity index (χ4v) is 2.26. The molecule has 19 heavy (non-hydrogen) atoms. The van der Waals surface area contributed by atoms with Gasteiger partial charge in [-0.2, -0.15) is 0 Å². The first-order valence-electron chi connectivity index (χ1n) is 7.04. The molecule has 4 nitrogen and oxygen atoms in total. The van der Waals surface area contributed by atoms with Gasteiger partial charge < -0.3 is 10.6 Å². The lowest BCUT2D eigenvalue weighted by molar-refractivity contribution is -0.134. The molecule has 2 N–H and O–H groups in total. The molecule has 2 rings (SSSR count). The summed E-state index contributed by atoms with van der Waals surface area (Å²) in [6.07, 6.45) is 4.68. The minimum absolute atomic E-state index is 0.0712. The highest BCUT2D eigenvalue weighted by Crippen LogP contribution is 2.29. The van der Waals surface area contributed by atoms with Gasteiger partial charge in [-0.25, -0.2) is 0 Å². The van der Waals surface area contributed by atoms with E-state index in [1.807, 2.05) is 23.1 Å². The van der Waals surface area contributed by atoms with E-state index >= 15 is 0 Å². The van der Waals surface area contributed by atoms with E-state index in [-0.39, 0.29) is 11.9 Å². The van der Waals surface area contributed by atoms with Crippen LogP contribution < -0.4 is 5.73 Å². The van der Waals surface area contributed by atoms with Crippen LogP contribution in [0.1, 0.15) is 38.8 Å². The van der Waals surface area contributed by atoms with Crippen LogP contribution in [-0.2, 0) is 11.3 Å². The predicted octanol–water partition coefficient (Wildman–Crippen LogP) is 1.95. The zero-order chi connectivity index (χ0) is 13.8. The van der Waals surface area contributed by atoms with Crippen molar-refractivity contribution in [2.45, 2.75) is 51.7 Å². The molecule has 0 radical (unpaired) electrons. The second-order valence-electron chi connectivity index (χ2n) is 5.75. The van der Waals surface area contributed by atoms with Crippen LogP contribution in [0.3, 0.4) is 0 Å². The van der Waals surface area contributed by atoms with E-state index in [2.05, 4.69) is 18.8 Å². The van der Waals surface area contributed by atoms with Gasteiger partial charge >= 0.3 is 0 Å². The van der Waals surface area contributed by atoms with Gasteiger partial charge in [0, 0.05) is 12.2 Å². The lowest BCUT2D eigenvalue weighted by Gasteiger charge is -2.26. The van der Waals surface area contributed by atoms with Crippen molar-refractivity contribution in [3.8, 4) is 0 Å². The number of nitrogens with zero attached hydrogens (tertiary/aromatic N) is 2. The van der Waals surface area contributed by atoms with Crippen LogP contribution in [0.25, 0.3) is 0 Å². The molecule has 1 heterocycles. The topological polar surface area (TPSA) is 59.2 Å².